The van der Waals surface area contributed by atoms with E-state index in [1.165, 1.54) is 48.9 Å². The SMILES string of the molecule is c1ccc(-c2nc(-c3cc4c5ccccc5n5c6ccccc6c6cccc3c6c45)nc3ccccc23)cc1. The van der Waals surface area contributed by atoms with Crippen molar-refractivity contribution in [2.75, 3.05) is 0 Å². The van der Waals surface area contributed by atoms with Crippen molar-refractivity contribution in [3.8, 4) is 22.6 Å². The fourth-order valence-electron chi connectivity index (χ4n) is 6.48. The number of rotatable bonds is 2. The Morgan fingerprint density at radius 2 is 1.08 bits per heavy atom. The Kier molecular flexibility index (Phi) is 4.05. The predicted octanol–water partition coefficient (Wildman–Crippen LogP) is 9.27. The minimum atomic E-state index is 0.752. The van der Waals surface area contributed by atoms with Crippen LogP contribution in [0.3, 0.4) is 0 Å². The van der Waals surface area contributed by atoms with Crippen molar-refractivity contribution in [2.45, 2.75) is 0 Å². The maximum atomic E-state index is 5.26. The van der Waals surface area contributed by atoms with E-state index in [9.17, 15) is 0 Å². The van der Waals surface area contributed by atoms with E-state index in [0.29, 0.717) is 0 Å². The molecule has 0 fully saturated rings. The lowest BCUT2D eigenvalue weighted by atomic mass is 9.94. The third-order valence-corrected chi connectivity index (χ3v) is 8.12. The Labute approximate surface area is 223 Å². The van der Waals surface area contributed by atoms with Crippen LogP contribution in [0.5, 0.6) is 0 Å². The van der Waals surface area contributed by atoms with Crippen molar-refractivity contribution in [2.24, 2.45) is 0 Å². The van der Waals surface area contributed by atoms with Crippen LogP contribution in [0.4, 0.5) is 0 Å². The Balaban J connectivity index is 1.50. The van der Waals surface area contributed by atoms with Crippen LogP contribution in [0.2, 0.25) is 0 Å². The number of para-hydroxylation sites is 3. The van der Waals surface area contributed by atoms with Gasteiger partial charge in [0.2, 0.25) is 0 Å². The molecule has 0 unspecified atom stereocenters. The van der Waals surface area contributed by atoms with Crippen LogP contribution in [0.25, 0.3) is 82.4 Å². The molecular formula is C36H21N3. The summed E-state index contributed by atoms with van der Waals surface area (Å²) in [7, 11) is 0. The van der Waals surface area contributed by atoms with E-state index >= 15 is 0 Å². The molecular weight excluding hydrogens is 474 g/mol. The summed E-state index contributed by atoms with van der Waals surface area (Å²) in [5, 5.41) is 8.48. The second-order valence-corrected chi connectivity index (χ2v) is 10.2. The van der Waals surface area contributed by atoms with Gasteiger partial charge in [0, 0.05) is 38.1 Å². The summed E-state index contributed by atoms with van der Waals surface area (Å²) in [6.07, 6.45) is 0. The number of benzene rings is 6. The van der Waals surface area contributed by atoms with E-state index in [1.807, 2.05) is 6.07 Å². The smallest absolute Gasteiger partial charge is 0.161 e. The van der Waals surface area contributed by atoms with E-state index in [4.69, 9.17) is 9.97 Å². The summed E-state index contributed by atoms with van der Waals surface area (Å²) < 4.78 is 2.44. The molecule has 9 rings (SSSR count). The van der Waals surface area contributed by atoms with Crippen LogP contribution in [0.1, 0.15) is 0 Å². The van der Waals surface area contributed by atoms with E-state index in [-0.39, 0.29) is 0 Å². The van der Waals surface area contributed by atoms with Gasteiger partial charge in [-0.1, -0.05) is 103 Å². The molecule has 3 nitrogen and oxygen atoms in total. The van der Waals surface area contributed by atoms with Gasteiger partial charge in [-0.25, -0.2) is 9.97 Å². The van der Waals surface area contributed by atoms with Gasteiger partial charge in [-0.3, -0.25) is 0 Å². The van der Waals surface area contributed by atoms with Gasteiger partial charge in [0.25, 0.3) is 0 Å². The van der Waals surface area contributed by atoms with Gasteiger partial charge in [-0.2, -0.15) is 0 Å². The molecule has 0 bridgehead atoms. The van der Waals surface area contributed by atoms with Crippen molar-refractivity contribution in [3.05, 3.63) is 127 Å². The fraction of sp³-hybridized carbons (Fsp3) is 0. The summed E-state index contributed by atoms with van der Waals surface area (Å²) in [5.41, 5.74) is 7.76. The Morgan fingerprint density at radius 3 is 1.87 bits per heavy atom. The summed E-state index contributed by atoms with van der Waals surface area (Å²) in [6, 6.07) is 45.2. The first-order chi connectivity index (χ1) is 19.4. The van der Waals surface area contributed by atoms with E-state index in [1.54, 1.807) is 0 Å². The summed E-state index contributed by atoms with van der Waals surface area (Å²) in [4.78, 5) is 10.4. The lowest BCUT2D eigenvalue weighted by Gasteiger charge is -2.16. The van der Waals surface area contributed by atoms with Crippen LogP contribution >= 0.6 is 0 Å². The first-order valence-corrected chi connectivity index (χ1v) is 13.3. The van der Waals surface area contributed by atoms with Crippen molar-refractivity contribution in [1.29, 1.82) is 0 Å². The molecule has 6 aromatic carbocycles. The molecule has 0 aliphatic heterocycles. The van der Waals surface area contributed by atoms with E-state index in [2.05, 4.69) is 126 Å². The Bertz CT molecular complexity index is 2380. The molecule has 3 heteroatoms. The molecule has 0 amide bonds. The van der Waals surface area contributed by atoms with Gasteiger partial charge < -0.3 is 4.40 Å². The average molecular weight is 496 g/mol. The normalized spacial score (nSPS) is 12.1. The largest absolute Gasteiger partial charge is 0.308 e. The fourth-order valence-corrected chi connectivity index (χ4v) is 6.48. The summed E-state index contributed by atoms with van der Waals surface area (Å²) >= 11 is 0. The van der Waals surface area contributed by atoms with Crippen LogP contribution in [0, 0.1) is 0 Å². The van der Waals surface area contributed by atoms with E-state index < -0.39 is 0 Å². The molecule has 0 saturated carbocycles. The van der Waals surface area contributed by atoms with Gasteiger partial charge in [0.15, 0.2) is 5.82 Å². The second-order valence-electron chi connectivity index (χ2n) is 10.2. The van der Waals surface area contributed by atoms with Gasteiger partial charge in [0.1, 0.15) is 0 Å². The van der Waals surface area contributed by atoms with Gasteiger partial charge >= 0.3 is 0 Å². The average Bonchev–Trinajstić information content (AvgIpc) is 3.35. The molecule has 180 valence electrons. The Morgan fingerprint density at radius 1 is 0.462 bits per heavy atom. The van der Waals surface area contributed by atoms with E-state index in [0.717, 1.165) is 33.5 Å². The minimum absolute atomic E-state index is 0.752. The maximum Gasteiger partial charge on any atom is 0.161 e. The molecule has 0 aliphatic rings. The van der Waals surface area contributed by atoms with Crippen LogP contribution in [-0.2, 0) is 0 Å². The number of nitrogens with zero attached hydrogens (tertiary/aromatic N) is 3. The highest BCUT2D eigenvalue weighted by atomic mass is 14.9. The number of pyridine rings is 1. The second kappa shape index (κ2) is 7.62. The van der Waals surface area contributed by atoms with Gasteiger partial charge in [-0.05, 0) is 35.0 Å². The molecule has 0 radical (unpaired) electrons. The zero-order chi connectivity index (χ0) is 25.5. The third-order valence-electron chi connectivity index (χ3n) is 8.12. The molecule has 39 heavy (non-hydrogen) atoms. The molecule has 0 spiro atoms. The van der Waals surface area contributed by atoms with Crippen LogP contribution < -0.4 is 0 Å². The lowest BCUT2D eigenvalue weighted by Crippen LogP contribution is -1.97. The first-order valence-electron chi connectivity index (χ1n) is 13.3. The molecule has 0 aliphatic carbocycles. The lowest BCUT2D eigenvalue weighted by molar-refractivity contribution is 1.24. The number of fused-ring (bicyclic) bond motifs is 7. The van der Waals surface area contributed by atoms with Crippen molar-refractivity contribution in [3.63, 3.8) is 0 Å². The maximum absolute atomic E-state index is 5.26. The monoisotopic (exact) mass is 495 g/mol. The molecule has 0 saturated heterocycles. The molecule has 0 N–H and O–H groups in total. The van der Waals surface area contributed by atoms with Gasteiger partial charge in [0.05, 0.1) is 27.8 Å². The molecule has 9 aromatic rings. The highest BCUT2D eigenvalue weighted by molar-refractivity contribution is 6.30. The summed E-state index contributed by atoms with van der Waals surface area (Å²) in [6.45, 7) is 0. The highest BCUT2D eigenvalue weighted by Crippen LogP contribution is 2.44. The first kappa shape index (κ1) is 20.7. The van der Waals surface area contributed by atoms with Crippen LogP contribution in [0.15, 0.2) is 127 Å². The zero-order valence-electron chi connectivity index (χ0n) is 21.0. The van der Waals surface area contributed by atoms with Crippen molar-refractivity contribution >= 4 is 59.8 Å². The number of hydrogen-bond acceptors (Lipinski definition) is 2. The molecule has 0 atom stereocenters. The van der Waals surface area contributed by atoms with Gasteiger partial charge in [-0.15, -0.1) is 0 Å². The van der Waals surface area contributed by atoms with Crippen molar-refractivity contribution < 1.29 is 0 Å². The van der Waals surface area contributed by atoms with Crippen LogP contribution in [-0.4, -0.2) is 14.4 Å². The third kappa shape index (κ3) is 2.76. The number of aromatic nitrogens is 3. The minimum Gasteiger partial charge on any atom is -0.308 e. The molecule has 3 aromatic heterocycles. The highest BCUT2D eigenvalue weighted by Gasteiger charge is 2.22. The summed E-state index contributed by atoms with van der Waals surface area (Å²) in [5.74, 6) is 0.752. The molecule has 3 heterocycles. The number of hydrogen-bond donors (Lipinski definition) is 0. The zero-order valence-corrected chi connectivity index (χ0v) is 21.0. The quantitative estimate of drug-likeness (QED) is 0.177. The van der Waals surface area contributed by atoms with Crippen molar-refractivity contribution in [1.82, 2.24) is 14.4 Å². The topological polar surface area (TPSA) is 30.2 Å². The predicted molar refractivity (Wildman–Crippen MR) is 163 cm³/mol. The standard InChI is InChI=1S/C36H21N3/c1-2-11-22(12-3-1)34-27-15-4-7-18-30(27)37-36(38-34)29-21-28-24-14-6-9-20-32(24)39-31-19-8-5-13-23(31)25-16-10-17-26(29)33(25)35(28)39/h1-21H. The Hall–Kier alpha value is -5.28.